The summed E-state index contributed by atoms with van der Waals surface area (Å²) < 4.78 is 11.0. The standard InChI is InChI=1S/C12H17NO2/c1-12(2)11(13)6-8-4-5-9(14-3)7-10(8)15-12/h4-5,7,11H,6,13H2,1-3H3/t11-/m1/s1. The van der Waals surface area contributed by atoms with Crippen LogP contribution in [-0.4, -0.2) is 18.8 Å². The highest BCUT2D eigenvalue weighted by atomic mass is 16.5. The van der Waals surface area contributed by atoms with E-state index in [-0.39, 0.29) is 11.6 Å². The minimum atomic E-state index is -0.306. The van der Waals surface area contributed by atoms with Crippen LogP contribution in [0.2, 0.25) is 0 Å². The molecule has 2 N–H and O–H groups in total. The molecule has 3 heteroatoms. The maximum Gasteiger partial charge on any atom is 0.127 e. The zero-order valence-electron chi connectivity index (χ0n) is 9.41. The van der Waals surface area contributed by atoms with Crippen LogP contribution in [0.4, 0.5) is 0 Å². The van der Waals surface area contributed by atoms with E-state index in [4.69, 9.17) is 15.2 Å². The third-order valence-electron chi connectivity index (χ3n) is 2.98. The van der Waals surface area contributed by atoms with Crippen molar-refractivity contribution in [2.24, 2.45) is 5.73 Å². The number of hydrogen-bond donors (Lipinski definition) is 1. The molecule has 0 bridgehead atoms. The molecule has 0 fully saturated rings. The van der Waals surface area contributed by atoms with Gasteiger partial charge in [0, 0.05) is 12.1 Å². The van der Waals surface area contributed by atoms with Crippen LogP contribution in [0, 0.1) is 0 Å². The van der Waals surface area contributed by atoms with Crippen molar-refractivity contribution in [2.45, 2.75) is 31.9 Å². The Hall–Kier alpha value is -1.22. The molecule has 1 aliphatic rings. The van der Waals surface area contributed by atoms with Crippen LogP contribution in [0.15, 0.2) is 18.2 Å². The molecule has 15 heavy (non-hydrogen) atoms. The van der Waals surface area contributed by atoms with Crippen molar-refractivity contribution in [3.05, 3.63) is 23.8 Å². The van der Waals surface area contributed by atoms with Crippen molar-refractivity contribution in [3.63, 3.8) is 0 Å². The van der Waals surface area contributed by atoms with Gasteiger partial charge in [-0.05, 0) is 31.9 Å². The van der Waals surface area contributed by atoms with Crippen LogP contribution < -0.4 is 15.2 Å². The van der Waals surface area contributed by atoms with Crippen LogP contribution in [0.3, 0.4) is 0 Å². The summed E-state index contributed by atoms with van der Waals surface area (Å²) in [4.78, 5) is 0. The molecule has 1 heterocycles. The van der Waals surface area contributed by atoms with Crippen LogP contribution in [0.1, 0.15) is 19.4 Å². The first-order valence-electron chi connectivity index (χ1n) is 5.14. The molecular weight excluding hydrogens is 190 g/mol. The van der Waals surface area contributed by atoms with Gasteiger partial charge in [0.05, 0.1) is 7.11 Å². The number of methoxy groups -OCH3 is 1. The summed E-state index contributed by atoms with van der Waals surface area (Å²) in [6, 6.07) is 5.91. The molecule has 0 unspecified atom stereocenters. The smallest absolute Gasteiger partial charge is 0.127 e. The van der Waals surface area contributed by atoms with E-state index in [1.807, 2.05) is 32.0 Å². The van der Waals surface area contributed by atoms with E-state index in [1.165, 1.54) is 0 Å². The molecule has 0 saturated carbocycles. The van der Waals surface area contributed by atoms with E-state index < -0.39 is 0 Å². The quantitative estimate of drug-likeness (QED) is 0.762. The highest BCUT2D eigenvalue weighted by molar-refractivity contribution is 5.43. The normalized spacial score (nSPS) is 22.8. The number of fused-ring (bicyclic) bond motifs is 1. The Labute approximate surface area is 90.2 Å². The Morgan fingerprint density at radius 1 is 1.47 bits per heavy atom. The zero-order valence-corrected chi connectivity index (χ0v) is 9.41. The number of hydrogen-bond acceptors (Lipinski definition) is 3. The maximum atomic E-state index is 6.04. The van der Waals surface area contributed by atoms with Crippen molar-refractivity contribution < 1.29 is 9.47 Å². The summed E-state index contributed by atoms with van der Waals surface area (Å²) in [7, 11) is 1.65. The Balaban J connectivity index is 2.37. The molecule has 2 rings (SSSR count). The topological polar surface area (TPSA) is 44.5 Å². The average Bonchev–Trinajstić information content (AvgIpc) is 2.18. The van der Waals surface area contributed by atoms with Gasteiger partial charge in [-0.25, -0.2) is 0 Å². The van der Waals surface area contributed by atoms with Gasteiger partial charge in [-0.15, -0.1) is 0 Å². The molecule has 1 aliphatic heterocycles. The third kappa shape index (κ3) is 1.79. The molecule has 0 amide bonds. The highest BCUT2D eigenvalue weighted by Crippen LogP contribution is 2.34. The zero-order chi connectivity index (χ0) is 11.1. The molecule has 0 aliphatic carbocycles. The second kappa shape index (κ2) is 3.42. The molecule has 1 atom stereocenters. The summed E-state index contributed by atoms with van der Waals surface area (Å²) in [5.41, 5.74) is 6.89. The average molecular weight is 207 g/mol. The van der Waals surface area contributed by atoms with Gasteiger partial charge in [0.2, 0.25) is 0 Å². The fraction of sp³-hybridized carbons (Fsp3) is 0.500. The molecule has 0 saturated heterocycles. The Morgan fingerprint density at radius 3 is 2.87 bits per heavy atom. The molecule has 1 aromatic rings. The van der Waals surface area contributed by atoms with Gasteiger partial charge in [-0.2, -0.15) is 0 Å². The van der Waals surface area contributed by atoms with Gasteiger partial charge in [0.25, 0.3) is 0 Å². The van der Waals surface area contributed by atoms with E-state index >= 15 is 0 Å². The largest absolute Gasteiger partial charge is 0.497 e. The van der Waals surface area contributed by atoms with Gasteiger partial charge in [0.15, 0.2) is 0 Å². The summed E-state index contributed by atoms with van der Waals surface area (Å²) in [5, 5.41) is 0. The predicted molar refractivity (Wildman–Crippen MR) is 59.4 cm³/mol. The number of rotatable bonds is 1. The Bertz CT molecular complexity index is 374. The lowest BCUT2D eigenvalue weighted by Crippen LogP contribution is -2.51. The van der Waals surface area contributed by atoms with Crippen LogP contribution >= 0.6 is 0 Å². The third-order valence-corrected chi connectivity index (χ3v) is 2.98. The first-order valence-corrected chi connectivity index (χ1v) is 5.14. The first-order chi connectivity index (χ1) is 7.03. The van der Waals surface area contributed by atoms with E-state index in [2.05, 4.69) is 0 Å². The van der Waals surface area contributed by atoms with Crippen molar-refractivity contribution in [1.29, 1.82) is 0 Å². The lowest BCUT2D eigenvalue weighted by atomic mass is 9.89. The number of benzene rings is 1. The van der Waals surface area contributed by atoms with E-state index in [9.17, 15) is 0 Å². The number of ether oxygens (including phenoxy) is 2. The van der Waals surface area contributed by atoms with Gasteiger partial charge < -0.3 is 15.2 Å². The second-order valence-electron chi connectivity index (χ2n) is 4.49. The highest BCUT2D eigenvalue weighted by Gasteiger charge is 2.34. The van der Waals surface area contributed by atoms with E-state index in [0.717, 1.165) is 23.5 Å². The Kier molecular flexibility index (Phi) is 2.35. The molecule has 82 valence electrons. The minimum Gasteiger partial charge on any atom is -0.497 e. The lowest BCUT2D eigenvalue weighted by molar-refractivity contribution is 0.0637. The fourth-order valence-electron chi connectivity index (χ4n) is 1.77. The van der Waals surface area contributed by atoms with E-state index in [0.29, 0.717) is 0 Å². The van der Waals surface area contributed by atoms with Crippen molar-refractivity contribution >= 4 is 0 Å². The van der Waals surface area contributed by atoms with Crippen LogP contribution in [-0.2, 0) is 6.42 Å². The number of nitrogens with two attached hydrogens (primary N) is 1. The minimum absolute atomic E-state index is 0.0402. The van der Waals surface area contributed by atoms with E-state index in [1.54, 1.807) is 7.11 Å². The molecule has 0 spiro atoms. The van der Waals surface area contributed by atoms with Gasteiger partial charge in [-0.1, -0.05) is 6.07 Å². The molecular formula is C12H17NO2. The second-order valence-corrected chi connectivity index (χ2v) is 4.49. The van der Waals surface area contributed by atoms with Crippen LogP contribution in [0.5, 0.6) is 11.5 Å². The summed E-state index contributed by atoms with van der Waals surface area (Å²) in [6.45, 7) is 4.03. The molecule has 1 aromatic carbocycles. The van der Waals surface area contributed by atoms with Crippen LogP contribution in [0.25, 0.3) is 0 Å². The molecule has 3 nitrogen and oxygen atoms in total. The van der Waals surface area contributed by atoms with Gasteiger partial charge in [-0.3, -0.25) is 0 Å². The summed E-state index contributed by atoms with van der Waals surface area (Å²) in [6.07, 6.45) is 0.853. The Morgan fingerprint density at radius 2 is 2.20 bits per heavy atom. The molecule has 0 radical (unpaired) electrons. The molecule has 0 aromatic heterocycles. The monoisotopic (exact) mass is 207 g/mol. The lowest BCUT2D eigenvalue weighted by Gasteiger charge is -2.38. The summed E-state index contributed by atoms with van der Waals surface area (Å²) >= 11 is 0. The maximum absolute atomic E-state index is 6.04. The van der Waals surface area contributed by atoms with Crippen molar-refractivity contribution in [3.8, 4) is 11.5 Å². The van der Waals surface area contributed by atoms with Crippen molar-refractivity contribution in [1.82, 2.24) is 0 Å². The van der Waals surface area contributed by atoms with Crippen molar-refractivity contribution in [2.75, 3.05) is 7.11 Å². The fourth-order valence-corrected chi connectivity index (χ4v) is 1.77. The summed E-state index contributed by atoms with van der Waals surface area (Å²) in [5.74, 6) is 1.71. The van der Waals surface area contributed by atoms with Gasteiger partial charge in [0.1, 0.15) is 17.1 Å². The SMILES string of the molecule is COc1ccc2c(c1)OC(C)(C)[C@H](N)C2. The first kappa shape index (κ1) is 10.3. The van der Waals surface area contributed by atoms with Gasteiger partial charge >= 0.3 is 0 Å². The predicted octanol–water partition coefficient (Wildman–Crippen LogP) is 1.74.